The molecule has 0 aliphatic carbocycles. The van der Waals surface area contributed by atoms with E-state index in [1.54, 1.807) is 0 Å². The molecule has 0 aliphatic rings. The van der Waals surface area contributed by atoms with Gasteiger partial charge < -0.3 is 0 Å². The predicted octanol–water partition coefficient (Wildman–Crippen LogP) is 4.70. The van der Waals surface area contributed by atoms with Crippen LogP contribution in [-0.2, 0) is 6.42 Å². The summed E-state index contributed by atoms with van der Waals surface area (Å²) in [5, 5.41) is 0. The molecule has 0 fully saturated rings. The van der Waals surface area contributed by atoms with Crippen LogP contribution in [0.4, 0.5) is 0 Å². The summed E-state index contributed by atoms with van der Waals surface area (Å²) in [5.41, 5.74) is 3.10. The molecule has 0 aliphatic heterocycles. The fourth-order valence-corrected chi connectivity index (χ4v) is 1.61. The Kier molecular flexibility index (Phi) is 4.14. The first-order valence-corrected chi connectivity index (χ1v) is 5.77. The predicted molar refractivity (Wildman–Crippen MR) is 68.9 cm³/mol. The molecule has 0 bridgehead atoms. The van der Waals surface area contributed by atoms with Gasteiger partial charge in [-0.2, -0.15) is 0 Å². The van der Waals surface area contributed by atoms with Crippen LogP contribution in [0.3, 0.4) is 0 Å². The van der Waals surface area contributed by atoms with E-state index >= 15 is 0 Å². The molecule has 0 amide bonds. The molecule has 1 aromatic rings. The minimum absolute atomic E-state index is 0.376. The molecule has 0 N–H and O–H groups in total. The molecule has 0 nitrogen and oxygen atoms in total. The van der Waals surface area contributed by atoms with Crippen LogP contribution in [0, 0.1) is 5.41 Å². The maximum absolute atomic E-state index is 2.28. The summed E-state index contributed by atoms with van der Waals surface area (Å²) >= 11 is 0. The van der Waals surface area contributed by atoms with Crippen molar-refractivity contribution >= 4 is 6.08 Å². The van der Waals surface area contributed by atoms with E-state index in [1.165, 1.54) is 11.1 Å². The monoisotopic (exact) mass is 202 g/mol. The number of rotatable bonds is 3. The van der Waals surface area contributed by atoms with E-state index in [0.29, 0.717) is 5.41 Å². The maximum Gasteiger partial charge on any atom is -0.0230 e. The van der Waals surface area contributed by atoms with E-state index in [0.717, 1.165) is 12.8 Å². The lowest BCUT2D eigenvalue weighted by Crippen LogP contribution is -2.08. The fraction of sp³-hybridized carbons (Fsp3) is 0.467. The zero-order valence-electron chi connectivity index (χ0n) is 10.4. The SMILES string of the molecule is CCC=Cc1ccc(CC(C)(C)C)cc1. The molecule has 0 heteroatoms. The van der Waals surface area contributed by atoms with Gasteiger partial charge in [-0.25, -0.2) is 0 Å². The molecular formula is C15H22. The van der Waals surface area contributed by atoms with E-state index in [4.69, 9.17) is 0 Å². The van der Waals surface area contributed by atoms with Gasteiger partial charge in [0.1, 0.15) is 0 Å². The van der Waals surface area contributed by atoms with Gasteiger partial charge in [0.25, 0.3) is 0 Å². The van der Waals surface area contributed by atoms with Crippen LogP contribution >= 0.6 is 0 Å². The van der Waals surface area contributed by atoms with Gasteiger partial charge in [0.15, 0.2) is 0 Å². The molecule has 82 valence electrons. The van der Waals surface area contributed by atoms with Crippen molar-refractivity contribution in [1.82, 2.24) is 0 Å². The minimum atomic E-state index is 0.376. The first-order chi connectivity index (χ1) is 7.01. The Bertz CT molecular complexity index is 309. The van der Waals surface area contributed by atoms with Crippen molar-refractivity contribution < 1.29 is 0 Å². The summed E-state index contributed by atoms with van der Waals surface area (Å²) < 4.78 is 0. The Labute approximate surface area is 94.0 Å². The minimum Gasteiger partial charge on any atom is -0.0842 e. The van der Waals surface area contributed by atoms with Gasteiger partial charge in [-0.1, -0.05) is 64.1 Å². The molecule has 0 aromatic heterocycles. The van der Waals surface area contributed by atoms with Crippen LogP contribution in [0.2, 0.25) is 0 Å². The van der Waals surface area contributed by atoms with Crippen molar-refractivity contribution in [3.05, 3.63) is 41.5 Å². The Balaban J connectivity index is 2.68. The second kappa shape index (κ2) is 5.16. The second-order valence-electron chi connectivity index (χ2n) is 5.29. The van der Waals surface area contributed by atoms with Crippen molar-refractivity contribution in [2.24, 2.45) is 5.41 Å². The summed E-state index contributed by atoms with van der Waals surface area (Å²) in [7, 11) is 0. The van der Waals surface area contributed by atoms with E-state index in [2.05, 4.69) is 64.1 Å². The van der Waals surface area contributed by atoms with Crippen LogP contribution in [0.15, 0.2) is 30.3 Å². The Morgan fingerprint density at radius 1 is 1.07 bits per heavy atom. The van der Waals surface area contributed by atoms with Crippen LogP contribution in [0.25, 0.3) is 6.08 Å². The quantitative estimate of drug-likeness (QED) is 0.666. The Morgan fingerprint density at radius 2 is 1.67 bits per heavy atom. The lowest BCUT2D eigenvalue weighted by atomic mass is 9.88. The molecule has 0 radical (unpaired) electrons. The zero-order valence-corrected chi connectivity index (χ0v) is 10.4. The van der Waals surface area contributed by atoms with E-state index in [1.807, 2.05) is 0 Å². The summed E-state index contributed by atoms with van der Waals surface area (Å²) in [4.78, 5) is 0. The van der Waals surface area contributed by atoms with Crippen molar-refractivity contribution in [3.63, 3.8) is 0 Å². The highest BCUT2D eigenvalue weighted by molar-refractivity contribution is 5.49. The van der Waals surface area contributed by atoms with Gasteiger partial charge in [0.05, 0.1) is 0 Å². The van der Waals surface area contributed by atoms with Crippen molar-refractivity contribution in [2.75, 3.05) is 0 Å². The third-order valence-electron chi connectivity index (χ3n) is 2.26. The highest BCUT2D eigenvalue weighted by Gasteiger charge is 2.10. The lowest BCUT2D eigenvalue weighted by molar-refractivity contribution is 0.411. The normalized spacial score (nSPS) is 12.3. The summed E-state index contributed by atoms with van der Waals surface area (Å²) in [6, 6.07) is 8.88. The van der Waals surface area contributed by atoms with Gasteiger partial charge in [0.2, 0.25) is 0 Å². The van der Waals surface area contributed by atoms with Gasteiger partial charge in [-0.3, -0.25) is 0 Å². The van der Waals surface area contributed by atoms with Crippen LogP contribution in [0.1, 0.15) is 45.2 Å². The molecular weight excluding hydrogens is 180 g/mol. The maximum atomic E-state index is 2.28. The molecule has 1 aromatic carbocycles. The highest BCUT2D eigenvalue weighted by Crippen LogP contribution is 2.20. The van der Waals surface area contributed by atoms with Gasteiger partial charge >= 0.3 is 0 Å². The van der Waals surface area contributed by atoms with Crippen LogP contribution in [0.5, 0.6) is 0 Å². The molecule has 15 heavy (non-hydrogen) atoms. The van der Waals surface area contributed by atoms with Crippen molar-refractivity contribution in [1.29, 1.82) is 0 Å². The molecule has 0 atom stereocenters. The third kappa shape index (κ3) is 4.83. The van der Waals surface area contributed by atoms with Crippen LogP contribution in [-0.4, -0.2) is 0 Å². The molecule has 0 spiro atoms. The standard InChI is InChI=1S/C15H22/c1-5-6-7-13-8-10-14(11-9-13)12-15(2,3)4/h6-11H,5,12H2,1-4H3. The molecule has 0 unspecified atom stereocenters. The molecule has 1 rings (SSSR count). The Morgan fingerprint density at radius 3 is 2.13 bits per heavy atom. The summed E-state index contributed by atoms with van der Waals surface area (Å²) in [6.45, 7) is 8.98. The third-order valence-corrected chi connectivity index (χ3v) is 2.26. The molecule has 0 saturated heterocycles. The van der Waals surface area contributed by atoms with Crippen molar-refractivity contribution in [3.8, 4) is 0 Å². The van der Waals surface area contributed by atoms with Crippen LogP contribution < -0.4 is 0 Å². The number of hydrogen-bond acceptors (Lipinski definition) is 0. The molecule has 0 heterocycles. The summed E-state index contributed by atoms with van der Waals surface area (Å²) in [6.07, 6.45) is 6.62. The van der Waals surface area contributed by atoms with Crippen molar-refractivity contribution in [2.45, 2.75) is 40.5 Å². The summed E-state index contributed by atoms with van der Waals surface area (Å²) in [5.74, 6) is 0. The smallest absolute Gasteiger partial charge is 0.0230 e. The van der Waals surface area contributed by atoms with E-state index in [-0.39, 0.29) is 0 Å². The average molecular weight is 202 g/mol. The first kappa shape index (κ1) is 12.0. The largest absolute Gasteiger partial charge is 0.0842 e. The highest BCUT2D eigenvalue weighted by atomic mass is 14.2. The fourth-order valence-electron chi connectivity index (χ4n) is 1.61. The molecule has 0 saturated carbocycles. The van der Waals surface area contributed by atoms with E-state index in [9.17, 15) is 0 Å². The van der Waals surface area contributed by atoms with Gasteiger partial charge in [-0.15, -0.1) is 0 Å². The number of allylic oxidation sites excluding steroid dienone is 1. The zero-order chi connectivity index (χ0) is 11.3. The van der Waals surface area contributed by atoms with Gasteiger partial charge in [0, 0.05) is 0 Å². The number of benzene rings is 1. The topological polar surface area (TPSA) is 0 Å². The van der Waals surface area contributed by atoms with Gasteiger partial charge in [-0.05, 0) is 29.4 Å². The second-order valence-corrected chi connectivity index (χ2v) is 5.29. The average Bonchev–Trinajstić information content (AvgIpc) is 2.14. The Hall–Kier alpha value is -1.04. The first-order valence-electron chi connectivity index (χ1n) is 5.77. The van der Waals surface area contributed by atoms with E-state index < -0.39 is 0 Å². The lowest BCUT2D eigenvalue weighted by Gasteiger charge is -2.17. The number of hydrogen-bond donors (Lipinski definition) is 0.